The third-order valence-corrected chi connectivity index (χ3v) is 11.9. The third-order valence-electron chi connectivity index (χ3n) is 11.9. The van der Waals surface area contributed by atoms with Gasteiger partial charge >= 0.3 is 0 Å². The molecule has 11 rings (SSSR count). The highest BCUT2D eigenvalue weighted by Crippen LogP contribution is 2.42. The van der Waals surface area contributed by atoms with Crippen LogP contribution in [0, 0.1) is 0 Å². The van der Waals surface area contributed by atoms with Gasteiger partial charge in [0.25, 0.3) is 0 Å². The van der Waals surface area contributed by atoms with Crippen molar-refractivity contribution < 1.29 is 4.42 Å². The molecule has 0 atom stereocenters. The molecule has 9 aromatic carbocycles. The molecular weight excluding hydrogens is 729 g/mol. The Morgan fingerprint density at radius 3 is 1.97 bits per heavy atom. The predicted molar refractivity (Wildman–Crippen MR) is 255 cm³/mol. The highest BCUT2D eigenvalue weighted by molar-refractivity contribution is 6.19. The second-order valence-electron chi connectivity index (χ2n) is 15.3. The molecule has 0 aliphatic rings. The van der Waals surface area contributed by atoms with E-state index in [1.165, 1.54) is 32.6 Å². The molecule has 0 N–H and O–H groups in total. The smallest absolute Gasteiger partial charge is 0.143 e. The van der Waals surface area contributed by atoms with Gasteiger partial charge in [0.2, 0.25) is 0 Å². The summed E-state index contributed by atoms with van der Waals surface area (Å²) < 4.78 is 8.99. The number of hydrogen-bond acceptors (Lipinski definition) is 2. The van der Waals surface area contributed by atoms with Crippen molar-refractivity contribution in [3.05, 3.63) is 230 Å². The summed E-state index contributed by atoms with van der Waals surface area (Å²) in [5.74, 6) is 0. The molecule has 0 spiro atoms. The number of rotatable bonds is 8. The van der Waals surface area contributed by atoms with E-state index in [-0.39, 0.29) is 0 Å². The Labute approximate surface area is 348 Å². The molecule has 3 heteroatoms. The fraction of sp³-hybridized carbons (Fsp3) is 0.0175. The van der Waals surface area contributed by atoms with E-state index in [1.807, 2.05) is 0 Å². The van der Waals surface area contributed by atoms with Crippen LogP contribution in [0.3, 0.4) is 0 Å². The molecule has 0 saturated carbocycles. The summed E-state index contributed by atoms with van der Waals surface area (Å²) in [6.45, 7) is 6.89. The van der Waals surface area contributed by atoms with Crippen LogP contribution in [0.2, 0.25) is 0 Å². The number of fused-ring (bicyclic) bond motifs is 9. The van der Waals surface area contributed by atoms with Crippen LogP contribution in [0.1, 0.15) is 12.5 Å². The Bertz CT molecular complexity index is 3480. The van der Waals surface area contributed by atoms with Crippen molar-refractivity contribution in [2.75, 3.05) is 4.90 Å². The lowest BCUT2D eigenvalue weighted by Gasteiger charge is -2.27. The number of para-hydroxylation sites is 3. The first kappa shape index (κ1) is 35.3. The number of aromatic nitrogens is 1. The fourth-order valence-corrected chi connectivity index (χ4v) is 9.17. The minimum absolute atomic E-state index is 0.843. The van der Waals surface area contributed by atoms with Gasteiger partial charge in [0.1, 0.15) is 11.2 Å². The van der Waals surface area contributed by atoms with Gasteiger partial charge in [-0.15, -0.1) is 0 Å². The van der Waals surface area contributed by atoms with Crippen molar-refractivity contribution in [2.24, 2.45) is 0 Å². The summed E-state index contributed by atoms with van der Waals surface area (Å²) >= 11 is 0. The first-order chi connectivity index (χ1) is 29.7. The maximum atomic E-state index is 6.60. The monoisotopic (exact) mass is 768 g/mol. The summed E-state index contributed by atoms with van der Waals surface area (Å²) in [7, 11) is 0. The first-order valence-electron chi connectivity index (χ1n) is 20.5. The molecule has 284 valence electrons. The van der Waals surface area contributed by atoms with Crippen LogP contribution < -0.4 is 4.90 Å². The summed E-state index contributed by atoms with van der Waals surface area (Å²) in [5.41, 5.74) is 12.7. The molecule has 2 aromatic heterocycles. The van der Waals surface area contributed by atoms with Crippen molar-refractivity contribution in [3.63, 3.8) is 0 Å². The van der Waals surface area contributed by atoms with Gasteiger partial charge in [-0.25, -0.2) is 0 Å². The lowest BCUT2D eigenvalue weighted by atomic mass is 9.97. The van der Waals surface area contributed by atoms with E-state index >= 15 is 0 Å². The summed E-state index contributed by atoms with van der Waals surface area (Å²) in [6.07, 6.45) is 6.56. The lowest BCUT2D eigenvalue weighted by Crippen LogP contribution is -2.15. The Balaban J connectivity index is 1.03. The summed E-state index contributed by atoms with van der Waals surface area (Å²) in [6, 6.07) is 69.1. The number of furan rings is 1. The number of hydrogen-bond donors (Lipinski definition) is 0. The topological polar surface area (TPSA) is 21.3 Å². The molecule has 0 bridgehead atoms. The van der Waals surface area contributed by atoms with Gasteiger partial charge in [0.05, 0.1) is 22.4 Å². The van der Waals surface area contributed by atoms with Crippen molar-refractivity contribution in [3.8, 4) is 16.8 Å². The van der Waals surface area contributed by atoms with E-state index in [4.69, 9.17) is 11.0 Å². The zero-order chi connectivity index (χ0) is 40.2. The maximum Gasteiger partial charge on any atom is 0.143 e. The van der Waals surface area contributed by atoms with Crippen molar-refractivity contribution in [1.82, 2.24) is 4.57 Å². The van der Waals surface area contributed by atoms with Gasteiger partial charge in [-0.2, -0.15) is 0 Å². The Kier molecular flexibility index (Phi) is 8.53. The zero-order valence-corrected chi connectivity index (χ0v) is 33.2. The van der Waals surface area contributed by atoms with Gasteiger partial charge in [-0.05, 0) is 89.0 Å². The highest BCUT2D eigenvalue weighted by Gasteiger charge is 2.20. The predicted octanol–water partition coefficient (Wildman–Crippen LogP) is 16.0. The van der Waals surface area contributed by atoms with Crippen molar-refractivity contribution in [2.45, 2.75) is 6.92 Å². The quantitative estimate of drug-likeness (QED) is 0.144. The molecule has 0 aliphatic heterocycles. The Morgan fingerprint density at radius 2 is 1.18 bits per heavy atom. The Morgan fingerprint density at radius 1 is 0.550 bits per heavy atom. The number of allylic oxidation sites excluding steroid dienone is 4. The average Bonchev–Trinajstić information content (AvgIpc) is 3.86. The molecular formula is C57H40N2O. The van der Waals surface area contributed by atoms with Crippen molar-refractivity contribution in [1.29, 1.82) is 0 Å². The van der Waals surface area contributed by atoms with E-state index < -0.39 is 0 Å². The SMILES string of the molecule is C=C(/C=C\C(=C/C)c1ccccc1-n1c2ccccc2c2ccccc21)N(c1cccc(-c2cccc3oc4c5ccccc5ccc4c23)c1)c1cccc2ccccc12. The molecule has 3 nitrogen and oxygen atoms in total. The molecule has 11 aromatic rings. The largest absolute Gasteiger partial charge is 0.455 e. The van der Waals surface area contributed by atoms with E-state index in [2.05, 4.69) is 229 Å². The highest BCUT2D eigenvalue weighted by atomic mass is 16.3. The summed E-state index contributed by atoms with van der Waals surface area (Å²) in [4.78, 5) is 2.29. The zero-order valence-electron chi connectivity index (χ0n) is 33.2. The van der Waals surface area contributed by atoms with Gasteiger partial charge < -0.3 is 13.9 Å². The molecule has 0 aliphatic carbocycles. The fourth-order valence-electron chi connectivity index (χ4n) is 9.17. The van der Waals surface area contributed by atoms with E-state index in [0.29, 0.717) is 0 Å². The van der Waals surface area contributed by atoms with Crippen LogP contribution in [-0.2, 0) is 0 Å². The second-order valence-corrected chi connectivity index (χ2v) is 15.3. The summed E-state index contributed by atoms with van der Waals surface area (Å²) in [5, 5.41) is 9.32. The van der Waals surface area contributed by atoms with E-state index in [0.717, 1.165) is 77.7 Å². The van der Waals surface area contributed by atoms with E-state index in [1.54, 1.807) is 0 Å². The van der Waals surface area contributed by atoms with Crippen LogP contribution in [0.15, 0.2) is 229 Å². The van der Waals surface area contributed by atoms with Gasteiger partial charge in [0.15, 0.2) is 0 Å². The van der Waals surface area contributed by atoms with Crippen LogP contribution in [-0.4, -0.2) is 4.57 Å². The average molecular weight is 769 g/mol. The van der Waals surface area contributed by atoms with Crippen LogP contribution in [0.4, 0.5) is 11.4 Å². The second kappa shape index (κ2) is 14.5. The standard InChI is InChI=1S/C57H40N2O/c1-3-39(44-22-8-11-28-52(44)59-53-29-12-9-25-48(53)49-26-10-13-30-54(49)59)34-33-38(2)58(51-31-15-19-40-17-4-6-23-45(40)51)43-21-14-20-42(37-43)46-27-16-32-55-56(46)50-36-35-41-18-5-7-24-47(41)57(50)60-55/h3-37H,2H2,1H3/b34-33-,39-3+. The number of anilines is 2. The van der Waals surface area contributed by atoms with Gasteiger partial charge in [-0.3, -0.25) is 0 Å². The molecule has 0 unspecified atom stereocenters. The van der Waals surface area contributed by atoms with Crippen LogP contribution in [0.5, 0.6) is 0 Å². The normalized spacial score (nSPS) is 12.2. The van der Waals surface area contributed by atoms with Crippen molar-refractivity contribution >= 4 is 82.2 Å². The minimum Gasteiger partial charge on any atom is -0.455 e. The van der Waals surface area contributed by atoms with Crippen LogP contribution >= 0.6 is 0 Å². The minimum atomic E-state index is 0.843. The molecule has 0 saturated heterocycles. The van der Waals surface area contributed by atoms with Crippen LogP contribution in [0.25, 0.3) is 87.7 Å². The first-order valence-corrected chi connectivity index (χ1v) is 20.5. The molecule has 0 fully saturated rings. The maximum absolute atomic E-state index is 6.60. The molecule has 60 heavy (non-hydrogen) atoms. The lowest BCUT2D eigenvalue weighted by molar-refractivity contribution is 0.673. The van der Waals surface area contributed by atoms with E-state index in [9.17, 15) is 0 Å². The third kappa shape index (κ3) is 5.74. The molecule has 2 heterocycles. The van der Waals surface area contributed by atoms with Gasteiger partial charge in [-0.1, -0.05) is 164 Å². The molecule has 0 amide bonds. The number of benzene rings is 9. The van der Waals surface area contributed by atoms with Gasteiger partial charge in [0, 0.05) is 49.3 Å². The molecule has 0 radical (unpaired) electrons. The number of nitrogens with zero attached hydrogens (tertiary/aromatic N) is 2. The Hall–Kier alpha value is -7.88.